The highest BCUT2D eigenvalue weighted by molar-refractivity contribution is 4.98. The standard InChI is InChI=1S/C8H18N2O/c1-7(2)5-9-6(11)8(3,4)10-7/h6,9-11H,5H2,1-4H3. The molecule has 0 radical (unpaired) electrons. The number of aliphatic hydroxyl groups excluding tert-OH is 1. The molecule has 3 nitrogen and oxygen atoms in total. The van der Waals surface area contributed by atoms with Gasteiger partial charge in [-0.1, -0.05) is 0 Å². The Balaban J connectivity index is 2.67. The molecule has 0 amide bonds. The van der Waals surface area contributed by atoms with E-state index in [0.717, 1.165) is 6.54 Å². The van der Waals surface area contributed by atoms with E-state index in [0.29, 0.717) is 0 Å². The van der Waals surface area contributed by atoms with Crippen LogP contribution >= 0.6 is 0 Å². The summed E-state index contributed by atoms with van der Waals surface area (Å²) >= 11 is 0. The first-order valence-corrected chi connectivity index (χ1v) is 4.04. The van der Waals surface area contributed by atoms with Gasteiger partial charge >= 0.3 is 0 Å². The lowest BCUT2D eigenvalue weighted by molar-refractivity contribution is -0.00106. The van der Waals surface area contributed by atoms with Crippen LogP contribution in [-0.4, -0.2) is 29.0 Å². The Kier molecular flexibility index (Phi) is 1.99. The third kappa shape index (κ3) is 1.92. The summed E-state index contributed by atoms with van der Waals surface area (Å²) in [4.78, 5) is 0. The summed E-state index contributed by atoms with van der Waals surface area (Å²) in [5.41, 5.74) is -0.162. The van der Waals surface area contributed by atoms with Gasteiger partial charge in [0, 0.05) is 12.1 Å². The van der Waals surface area contributed by atoms with E-state index in [2.05, 4.69) is 24.5 Å². The van der Waals surface area contributed by atoms with Crippen LogP contribution in [0.3, 0.4) is 0 Å². The van der Waals surface area contributed by atoms with E-state index in [4.69, 9.17) is 0 Å². The minimum Gasteiger partial charge on any atom is -0.377 e. The molecule has 0 aromatic heterocycles. The molecule has 1 aliphatic heterocycles. The lowest BCUT2D eigenvalue weighted by Gasteiger charge is -2.46. The number of hydrogen-bond donors (Lipinski definition) is 3. The summed E-state index contributed by atoms with van der Waals surface area (Å²) in [6.07, 6.45) is -0.449. The van der Waals surface area contributed by atoms with Gasteiger partial charge in [0.05, 0.1) is 5.54 Å². The van der Waals surface area contributed by atoms with Gasteiger partial charge in [0.1, 0.15) is 6.23 Å². The molecule has 0 spiro atoms. The molecule has 3 N–H and O–H groups in total. The molecule has 1 saturated heterocycles. The molecule has 1 rings (SSSR count). The third-order valence-corrected chi connectivity index (χ3v) is 2.08. The van der Waals surface area contributed by atoms with Crippen molar-refractivity contribution < 1.29 is 5.11 Å². The predicted molar refractivity (Wildman–Crippen MR) is 45.3 cm³/mol. The van der Waals surface area contributed by atoms with Crippen LogP contribution in [0, 0.1) is 0 Å². The molecule has 0 aliphatic carbocycles. The van der Waals surface area contributed by atoms with Gasteiger partial charge < -0.3 is 10.4 Å². The molecule has 0 aromatic carbocycles. The van der Waals surface area contributed by atoms with Crippen LogP contribution in [0.5, 0.6) is 0 Å². The Bertz CT molecular complexity index is 154. The molecule has 0 aromatic rings. The Morgan fingerprint density at radius 2 is 1.82 bits per heavy atom. The molecule has 1 atom stereocenters. The fraction of sp³-hybridized carbons (Fsp3) is 1.00. The maximum absolute atomic E-state index is 9.50. The lowest BCUT2D eigenvalue weighted by Crippen LogP contribution is -2.70. The summed E-state index contributed by atoms with van der Waals surface area (Å²) in [7, 11) is 0. The summed E-state index contributed by atoms with van der Waals surface area (Å²) < 4.78 is 0. The first-order chi connectivity index (χ1) is 4.83. The second-order valence-electron chi connectivity index (χ2n) is 4.51. The van der Waals surface area contributed by atoms with Gasteiger partial charge in [-0.15, -0.1) is 0 Å². The van der Waals surface area contributed by atoms with Crippen LogP contribution in [0.25, 0.3) is 0 Å². The van der Waals surface area contributed by atoms with E-state index in [-0.39, 0.29) is 11.1 Å². The lowest BCUT2D eigenvalue weighted by atomic mass is 9.91. The van der Waals surface area contributed by atoms with Crippen molar-refractivity contribution in [3.05, 3.63) is 0 Å². The van der Waals surface area contributed by atoms with Gasteiger partial charge in [0.2, 0.25) is 0 Å². The smallest absolute Gasteiger partial charge is 0.122 e. The minimum atomic E-state index is -0.449. The van der Waals surface area contributed by atoms with Crippen molar-refractivity contribution in [3.8, 4) is 0 Å². The van der Waals surface area contributed by atoms with Crippen molar-refractivity contribution in [2.45, 2.75) is 45.0 Å². The number of piperazine rings is 1. The predicted octanol–water partition coefficient (Wildman–Crippen LogP) is 0.0548. The normalized spacial score (nSPS) is 35.2. The molecule has 0 bridgehead atoms. The Hall–Kier alpha value is -0.120. The second kappa shape index (κ2) is 2.44. The largest absolute Gasteiger partial charge is 0.377 e. The molecule has 1 heterocycles. The van der Waals surface area contributed by atoms with Crippen LogP contribution in [0.2, 0.25) is 0 Å². The molecule has 1 fully saturated rings. The van der Waals surface area contributed by atoms with E-state index >= 15 is 0 Å². The molecular weight excluding hydrogens is 140 g/mol. The monoisotopic (exact) mass is 158 g/mol. The Morgan fingerprint density at radius 1 is 1.27 bits per heavy atom. The quantitative estimate of drug-likeness (QED) is 0.467. The number of aliphatic hydroxyl groups is 1. The summed E-state index contributed by atoms with van der Waals surface area (Å²) in [5.74, 6) is 0. The first kappa shape index (κ1) is 8.97. The van der Waals surface area contributed by atoms with Gasteiger partial charge in [-0.05, 0) is 27.7 Å². The third-order valence-electron chi connectivity index (χ3n) is 2.08. The maximum atomic E-state index is 9.50. The van der Waals surface area contributed by atoms with Crippen LogP contribution in [0.15, 0.2) is 0 Å². The first-order valence-electron chi connectivity index (χ1n) is 4.04. The van der Waals surface area contributed by atoms with Crippen LogP contribution in [-0.2, 0) is 0 Å². The average Bonchev–Trinajstić information content (AvgIpc) is 1.77. The highest BCUT2D eigenvalue weighted by Gasteiger charge is 2.38. The van der Waals surface area contributed by atoms with Crippen molar-refractivity contribution in [2.24, 2.45) is 0 Å². The van der Waals surface area contributed by atoms with Gasteiger partial charge in [0.15, 0.2) is 0 Å². The van der Waals surface area contributed by atoms with Gasteiger partial charge in [-0.2, -0.15) is 0 Å². The van der Waals surface area contributed by atoms with Gasteiger partial charge in [-0.25, -0.2) is 0 Å². The zero-order valence-corrected chi connectivity index (χ0v) is 7.73. The van der Waals surface area contributed by atoms with Gasteiger partial charge in [-0.3, -0.25) is 5.32 Å². The minimum absolute atomic E-state index is 0.0722. The van der Waals surface area contributed by atoms with E-state index in [1.54, 1.807) is 0 Å². The molecule has 1 unspecified atom stereocenters. The summed E-state index contributed by atoms with van der Waals surface area (Å²) in [6.45, 7) is 9.02. The van der Waals surface area contributed by atoms with E-state index in [1.165, 1.54) is 0 Å². The van der Waals surface area contributed by atoms with Crippen molar-refractivity contribution >= 4 is 0 Å². The highest BCUT2D eigenvalue weighted by atomic mass is 16.3. The molecule has 0 saturated carbocycles. The topological polar surface area (TPSA) is 44.3 Å². The molecule has 1 aliphatic rings. The molecule has 66 valence electrons. The molecule has 11 heavy (non-hydrogen) atoms. The van der Waals surface area contributed by atoms with Crippen molar-refractivity contribution in [1.82, 2.24) is 10.6 Å². The average molecular weight is 158 g/mol. The number of rotatable bonds is 0. The zero-order chi connectivity index (χ0) is 8.70. The van der Waals surface area contributed by atoms with Crippen molar-refractivity contribution in [3.63, 3.8) is 0 Å². The number of hydrogen-bond acceptors (Lipinski definition) is 3. The Labute approximate surface area is 68.2 Å². The van der Waals surface area contributed by atoms with E-state index < -0.39 is 6.23 Å². The van der Waals surface area contributed by atoms with Crippen LogP contribution in [0.4, 0.5) is 0 Å². The van der Waals surface area contributed by atoms with Crippen molar-refractivity contribution in [2.75, 3.05) is 6.54 Å². The fourth-order valence-electron chi connectivity index (χ4n) is 1.59. The van der Waals surface area contributed by atoms with Crippen LogP contribution < -0.4 is 10.6 Å². The maximum Gasteiger partial charge on any atom is 0.122 e. The highest BCUT2D eigenvalue weighted by Crippen LogP contribution is 2.18. The summed E-state index contributed by atoms with van der Waals surface area (Å²) in [6, 6.07) is 0. The van der Waals surface area contributed by atoms with E-state index in [9.17, 15) is 5.11 Å². The SMILES string of the molecule is CC1(C)CNC(O)C(C)(C)N1. The van der Waals surface area contributed by atoms with Crippen molar-refractivity contribution in [1.29, 1.82) is 0 Å². The number of nitrogens with one attached hydrogen (secondary N) is 2. The Morgan fingerprint density at radius 3 is 2.18 bits per heavy atom. The van der Waals surface area contributed by atoms with Gasteiger partial charge in [0.25, 0.3) is 0 Å². The molecular formula is C8H18N2O. The molecule has 3 heteroatoms. The fourth-order valence-corrected chi connectivity index (χ4v) is 1.59. The van der Waals surface area contributed by atoms with Crippen LogP contribution in [0.1, 0.15) is 27.7 Å². The zero-order valence-electron chi connectivity index (χ0n) is 7.73. The van der Waals surface area contributed by atoms with E-state index in [1.807, 2.05) is 13.8 Å². The second-order valence-corrected chi connectivity index (χ2v) is 4.51. The summed E-state index contributed by atoms with van der Waals surface area (Å²) in [5, 5.41) is 15.9.